The number of aromatic nitrogens is 1. The summed E-state index contributed by atoms with van der Waals surface area (Å²) in [5.41, 5.74) is 2.48. The van der Waals surface area contributed by atoms with Crippen molar-refractivity contribution in [3.05, 3.63) is 110 Å². The number of pyridine rings is 1. The Balaban J connectivity index is 1.37. The van der Waals surface area contributed by atoms with Crippen LogP contribution >= 0.6 is 11.8 Å². The first-order valence-electron chi connectivity index (χ1n) is 10.8. The highest BCUT2D eigenvalue weighted by atomic mass is 32.2. The predicted octanol–water partition coefficient (Wildman–Crippen LogP) is 3.67. The number of carbonyl (C=O) groups is 3. The zero-order valence-electron chi connectivity index (χ0n) is 18.6. The standard InChI is InChI=1S/C26H23N3O4S/c1-18-9-11-19(12-10-18)16-22-25(32)29(26(33)34-22)15-13-27-23(30)21-8-5-14-28(24(21)31)17-20-6-3-2-4-7-20/h2-12,14,16H,13,15,17H2,1H3,(H,27,30)/b22-16-. The molecular weight excluding hydrogens is 450 g/mol. The number of thioether (sulfide) groups is 1. The molecule has 0 saturated carbocycles. The molecule has 0 bridgehead atoms. The average Bonchev–Trinajstić information content (AvgIpc) is 3.10. The van der Waals surface area contributed by atoms with E-state index in [1.165, 1.54) is 10.6 Å². The molecule has 2 heterocycles. The number of aryl methyl sites for hydroxylation is 1. The quantitative estimate of drug-likeness (QED) is 0.529. The summed E-state index contributed by atoms with van der Waals surface area (Å²) in [5.74, 6) is -0.940. The maximum absolute atomic E-state index is 12.7. The van der Waals surface area contributed by atoms with Crippen molar-refractivity contribution in [1.29, 1.82) is 0 Å². The third-order valence-electron chi connectivity index (χ3n) is 5.33. The van der Waals surface area contributed by atoms with Gasteiger partial charge >= 0.3 is 0 Å². The van der Waals surface area contributed by atoms with Crippen LogP contribution in [0.3, 0.4) is 0 Å². The van der Waals surface area contributed by atoms with Gasteiger partial charge in [0.1, 0.15) is 5.56 Å². The third-order valence-corrected chi connectivity index (χ3v) is 6.24. The molecule has 1 aromatic heterocycles. The van der Waals surface area contributed by atoms with Gasteiger partial charge in [0.15, 0.2) is 0 Å². The number of nitrogens with zero attached hydrogens (tertiary/aromatic N) is 2. The highest BCUT2D eigenvalue weighted by molar-refractivity contribution is 8.18. The Morgan fingerprint density at radius 1 is 0.971 bits per heavy atom. The third kappa shape index (κ3) is 5.35. The van der Waals surface area contributed by atoms with Gasteiger partial charge in [-0.3, -0.25) is 24.1 Å². The first kappa shape index (κ1) is 23.3. The highest BCUT2D eigenvalue weighted by Crippen LogP contribution is 2.31. The minimum atomic E-state index is -0.547. The van der Waals surface area contributed by atoms with E-state index in [0.29, 0.717) is 11.4 Å². The summed E-state index contributed by atoms with van der Waals surface area (Å²) in [6, 6.07) is 20.2. The number of rotatable bonds is 7. The number of hydrogen-bond donors (Lipinski definition) is 1. The van der Waals surface area contributed by atoms with Crippen LogP contribution in [0.5, 0.6) is 0 Å². The molecule has 34 heavy (non-hydrogen) atoms. The highest BCUT2D eigenvalue weighted by Gasteiger charge is 2.34. The summed E-state index contributed by atoms with van der Waals surface area (Å²) < 4.78 is 1.47. The fourth-order valence-electron chi connectivity index (χ4n) is 3.50. The van der Waals surface area contributed by atoms with Crippen LogP contribution in [0.1, 0.15) is 27.0 Å². The second kappa shape index (κ2) is 10.4. The van der Waals surface area contributed by atoms with Crippen molar-refractivity contribution >= 4 is 34.9 Å². The van der Waals surface area contributed by atoms with Gasteiger partial charge in [-0.15, -0.1) is 0 Å². The fourth-order valence-corrected chi connectivity index (χ4v) is 4.36. The molecule has 1 saturated heterocycles. The van der Waals surface area contributed by atoms with Crippen LogP contribution in [-0.4, -0.2) is 39.6 Å². The molecule has 7 nitrogen and oxygen atoms in total. The number of hydrogen-bond acceptors (Lipinski definition) is 5. The molecular formula is C26H23N3O4S. The van der Waals surface area contributed by atoms with Gasteiger partial charge in [-0.2, -0.15) is 0 Å². The predicted molar refractivity (Wildman–Crippen MR) is 132 cm³/mol. The second-order valence-electron chi connectivity index (χ2n) is 7.84. The van der Waals surface area contributed by atoms with E-state index < -0.39 is 17.4 Å². The molecule has 0 unspecified atom stereocenters. The van der Waals surface area contributed by atoms with Gasteiger partial charge in [0, 0.05) is 19.3 Å². The van der Waals surface area contributed by atoms with Crippen LogP contribution in [0.2, 0.25) is 0 Å². The number of benzene rings is 2. The maximum Gasteiger partial charge on any atom is 0.293 e. The number of carbonyl (C=O) groups excluding carboxylic acids is 3. The van der Waals surface area contributed by atoms with Crippen LogP contribution < -0.4 is 10.9 Å². The van der Waals surface area contributed by atoms with Crippen molar-refractivity contribution in [2.45, 2.75) is 13.5 Å². The second-order valence-corrected chi connectivity index (χ2v) is 8.83. The Morgan fingerprint density at radius 2 is 1.71 bits per heavy atom. The van der Waals surface area contributed by atoms with E-state index in [2.05, 4.69) is 5.32 Å². The Kier molecular flexibility index (Phi) is 7.08. The minimum absolute atomic E-state index is 0.00633. The molecule has 1 N–H and O–H groups in total. The lowest BCUT2D eigenvalue weighted by Gasteiger charge is -2.13. The van der Waals surface area contributed by atoms with Crippen molar-refractivity contribution in [3.8, 4) is 0 Å². The van der Waals surface area contributed by atoms with Crippen molar-refractivity contribution in [2.24, 2.45) is 0 Å². The molecule has 0 aliphatic carbocycles. The van der Waals surface area contributed by atoms with Crippen molar-refractivity contribution in [1.82, 2.24) is 14.8 Å². The van der Waals surface area contributed by atoms with Gasteiger partial charge in [0.2, 0.25) is 0 Å². The van der Waals surface area contributed by atoms with Crippen LogP contribution in [0.4, 0.5) is 4.79 Å². The monoisotopic (exact) mass is 473 g/mol. The van der Waals surface area contributed by atoms with E-state index in [4.69, 9.17) is 0 Å². The van der Waals surface area contributed by atoms with E-state index in [0.717, 1.165) is 33.4 Å². The lowest BCUT2D eigenvalue weighted by atomic mass is 10.1. The molecule has 0 spiro atoms. The van der Waals surface area contributed by atoms with Crippen LogP contribution in [0.15, 0.2) is 82.6 Å². The Bertz CT molecular complexity index is 1310. The number of nitrogens with one attached hydrogen (secondary N) is 1. The van der Waals surface area contributed by atoms with Crippen molar-refractivity contribution in [3.63, 3.8) is 0 Å². The van der Waals surface area contributed by atoms with Gasteiger partial charge in [-0.05, 0) is 48.0 Å². The summed E-state index contributed by atoms with van der Waals surface area (Å²) in [6.07, 6.45) is 3.31. The Morgan fingerprint density at radius 3 is 2.44 bits per heavy atom. The fraction of sp³-hybridized carbons (Fsp3) is 0.154. The summed E-state index contributed by atoms with van der Waals surface area (Å²) in [4.78, 5) is 51.8. The molecule has 4 rings (SSSR count). The number of imide groups is 1. The van der Waals surface area contributed by atoms with Gasteiger partial charge in [0.25, 0.3) is 22.6 Å². The van der Waals surface area contributed by atoms with Crippen molar-refractivity contribution < 1.29 is 14.4 Å². The smallest absolute Gasteiger partial charge is 0.293 e. The lowest BCUT2D eigenvalue weighted by molar-refractivity contribution is -0.122. The Labute approximate surface area is 201 Å². The van der Waals surface area contributed by atoms with Crippen molar-refractivity contribution in [2.75, 3.05) is 13.1 Å². The van der Waals surface area contributed by atoms with Gasteiger partial charge in [-0.25, -0.2) is 0 Å². The molecule has 0 radical (unpaired) electrons. The molecule has 1 fully saturated rings. The minimum Gasteiger partial charge on any atom is -0.350 e. The van der Waals surface area contributed by atoms with E-state index in [1.54, 1.807) is 18.3 Å². The molecule has 8 heteroatoms. The zero-order chi connectivity index (χ0) is 24.1. The first-order chi connectivity index (χ1) is 16.4. The summed E-state index contributed by atoms with van der Waals surface area (Å²) in [6.45, 7) is 2.39. The SMILES string of the molecule is Cc1ccc(/C=C2\SC(=O)N(CCNC(=O)c3cccn(Cc4ccccc4)c3=O)C2=O)cc1. The van der Waals surface area contributed by atoms with Crippen LogP contribution in [-0.2, 0) is 11.3 Å². The molecule has 0 atom stereocenters. The van der Waals surface area contributed by atoms with Gasteiger partial charge < -0.3 is 9.88 Å². The summed E-state index contributed by atoms with van der Waals surface area (Å²) in [7, 11) is 0. The summed E-state index contributed by atoms with van der Waals surface area (Å²) in [5, 5.41) is 2.26. The topological polar surface area (TPSA) is 88.5 Å². The van der Waals surface area contributed by atoms with E-state index in [1.807, 2.05) is 61.5 Å². The first-order valence-corrected chi connectivity index (χ1v) is 11.6. The zero-order valence-corrected chi connectivity index (χ0v) is 19.4. The van der Waals surface area contributed by atoms with Gasteiger partial charge in [-0.1, -0.05) is 60.2 Å². The lowest BCUT2D eigenvalue weighted by Crippen LogP contribution is -2.39. The number of amides is 3. The largest absolute Gasteiger partial charge is 0.350 e. The molecule has 3 amide bonds. The van der Waals surface area contributed by atoms with E-state index >= 15 is 0 Å². The molecule has 1 aliphatic heterocycles. The van der Waals surface area contributed by atoms with E-state index in [-0.39, 0.29) is 23.9 Å². The molecule has 3 aromatic rings. The average molecular weight is 474 g/mol. The normalized spacial score (nSPS) is 14.6. The Hall–Kier alpha value is -3.91. The van der Waals surface area contributed by atoms with Gasteiger partial charge in [0.05, 0.1) is 11.4 Å². The van der Waals surface area contributed by atoms with Crippen LogP contribution in [0, 0.1) is 6.92 Å². The summed E-state index contributed by atoms with van der Waals surface area (Å²) >= 11 is 0.874. The van der Waals surface area contributed by atoms with Crippen LogP contribution in [0.25, 0.3) is 6.08 Å². The maximum atomic E-state index is 12.7. The van der Waals surface area contributed by atoms with E-state index in [9.17, 15) is 19.2 Å². The molecule has 2 aromatic carbocycles. The molecule has 172 valence electrons. The molecule has 1 aliphatic rings.